The molecule has 1 amide bonds. The smallest absolute Gasteiger partial charge is 0.338 e. The van der Waals surface area contributed by atoms with Crippen LogP contribution in [0.15, 0.2) is 29.2 Å². The molecule has 2 N–H and O–H groups in total. The maximum absolute atomic E-state index is 12.3. The fourth-order valence-electron chi connectivity index (χ4n) is 3.37. The topological polar surface area (TPSA) is 126 Å². The summed E-state index contributed by atoms with van der Waals surface area (Å²) in [6.07, 6.45) is 6.30. The third kappa shape index (κ3) is 3.66. The summed E-state index contributed by atoms with van der Waals surface area (Å²) in [5.74, 6) is -1.28. The number of benzene rings is 1. The predicted molar refractivity (Wildman–Crippen MR) is 100 cm³/mol. The van der Waals surface area contributed by atoms with Gasteiger partial charge < -0.3 is 15.3 Å². The molecular weight excluding hydrogens is 364 g/mol. The number of anilines is 2. The highest BCUT2D eigenvalue weighted by atomic mass is 16.6. The lowest BCUT2D eigenvalue weighted by Gasteiger charge is -2.28. The van der Waals surface area contributed by atoms with Crippen LogP contribution in [0.5, 0.6) is 0 Å². The Morgan fingerprint density at radius 2 is 1.93 bits per heavy atom. The maximum atomic E-state index is 12.3. The summed E-state index contributed by atoms with van der Waals surface area (Å²) >= 11 is 0. The predicted octanol–water partition coefficient (Wildman–Crippen LogP) is 2.14. The van der Waals surface area contributed by atoms with Crippen molar-refractivity contribution in [2.24, 2.45) is 0 Å². The van der Waals surface area contributed by atoms with Gasteiger partial charge in [-0.15, -0.1) is 0 Å². The second-order valence-corrected chi connectivity index (χ2v) is 6.74. The minimum absolute atomic E-state index is 0.0871. The van der Waals surface area contributed by atoms with Crippen LogP contribution in [0.2, 0.25) is 0 Å². The molecule has 0 bridgehead atoms. The number of nitrogens with zero attached hydrogens (tertiary/aromatic N) is 5. The number of aromatic nitrogens is 4. The lowest BCUT2D eigenvalue weighted by atomic mass is 10.1. The summed E-state index contributed by atoms with van der Waals surface area (Å²) in [6.45, 7) is 2.21. The van der Waals surface area contributed by atoms with Gasteiger partial charge in [0.2, 0.25) is 5.91 Å². The third-order valence-corrected chi connectivity index (χ3v) is 4.81. The fraction of sp³-hybridized carbons (Fsp3) is 0.389. The van der Waals surface area contributed by atoms with E-state index in [-0.39, 0.29) is 24.4 Å². The minimum Gasteiger partial charge on any atom is -0.478 e. The van der Waals surface area contributed by atoms with E-state index in [2.05, 4.69) is 25.6 Å². The normalized spacial score (nSPS) is 14.4. The number of hydrogen-bond acceptors (Lipinski definition) is 7. The molecule has 1 fully saturated rings. The molecule has 10 heteroatoms. The number of rotatable bonds is 6. The molecule has 0 unspecified atom stereocenters. The third-order valence-electron chi connectivity index (χ3n) is 4.81. The average molecular weight is 384 g/mol. The van der Waals surface area contributed by atoms with Gasteiger partial charge in [-0.05, 0) is 41.7 Å². The monoisotopic (exact) mass is 384 g/mol. The highest BCUT2D eigenvalue weighted by Gasteiger charge is 2.19. The molecule has 1 saturated heterocycles. The summed E-state index contributed by atoms with van der Waals surface area (Å²) in [5.41, 5.74) is 2.74. The van der Waals surface area contributed by atoms with Gasteiger partial charge in [0.15, 0.2) is 11.0 Å². The number of amides is 1. The largest absolute Gasteiger partial charge is 0.478 e. The van der Waals surface area contributed by atoms with Crippen LogP contribution >= 0.6 is 0 Å². The van der Waals surface area contributed by atoms with Gasteiger partial charge in [0.1, 0.15) is 0 Å². The van der Waals surface area contributed by atoms with Crippen LogP contribution in [0.3, 0.4) is 0 Å². The van der Waals surface area contributed by atoms with E-state index < -0.39 is 5.97 Å². The Morgan fingerprint density at radius 3 is 2.68 bits per heavy atom. The van der Waals surface area contributed by atoms with Crippen molar-refractivity contribution in [2.45, 2.75) is 32.2 Å². The molecule has 1 aliphatic heterocycles. The Labute approximate surface area is 160 Å². The lowest BCUT2D eigenvalue weighted by Crippen LogP contribution is -2.29. The van der Waals surface area contributed by atoms with E-state index in [4.69, 9.17) is 9.74 Å². The summed E-state index contributed by atoms with van der Waals surface area (Å²) in [7, 11) is 0. The van der Waals surface area contributed by atoms with Crippen molar-refractivity contribution < 1.29 is 19.3 Å². The van der Waals surface area contributed by atoms with Crippen molar-refractivity contribution in [1.29, 1.82) is 0 Å². The molecule has 0 atom stereocenters. The van der Waals surface area contributed by atoms with E-state index in [1.54, 1.807) is 0 Å². The molecule has 1 aromatic carbocycles. The van der Waals surface area contributed by atoms with E-state index in [0.29, 0.717) is 16.7 Å². The average Bonchev–Trinajstić information content (AvgIpc) is 3.37. The van der Waals surface area contributed by atoms with Gasteiger partial charge in [0.05, 0.1) is 23.1 Å². The lowest BCUT2D eigenvalue weighted by molar-refractivity contribution is -0.116. The van der Waals surface area contributed by atoms with Crippen LogP contribution in [0.4, 0.5) is 11.4 Å². The van der Waals surface area contributed by atoms with Crippen molar-refractivity contribution in [3.63, 3.8) is 0 Å². The van der Waals surface area contributed by atoms with Gasteiger partial charge in [-0.25, -0.2) is 9.42 Å². The molecule has 3 aromatic rings. The zero-order valence-electron chi connectivity index (χ0n) is 15.2. The first-order valence-corrected chi connectivity index (χ1v) is 9.17. The van der Waals surface area contributed by atoms with Crippen LogP contribution in [-0.4, -0.2) is 50.2 Å². The number of aryl methyl sites for hydroxylation is 1. The number of carbonyl (C=O) groups excluding carboxylic acids is 1. The second-order valence-electron chi connectivity index (χ2n) is 6.74. The van der Waals surface area contributed by atoms with Crippen LogP contribution in [0.25, 0.3) is 11.0 Å². The minimum atomic E-state index is -1.05. The van der Waals surface area contributed by atoms with Crippen molar-refractivity contribution in [3.8, 4) is 0 Å². The first-order chi connectivity index (χ1) is 13.6. The molecule has 10 nitrogen and oxygen atoms in total. The van der Waals surface area contributed by atoms with Gasteiger partial charge in [0.25, 0.3) is 0 Å². The number of nitrogens with one attached hydrogen (secondary N) is 1. The van der Waals surface area contributed by atoms with Crippen LogP contribution in [-0.2, 0) is 11.3 Å². The molecule has 28 heavy (non-hydrogen) atoms. The zero-order valence-corrected chi connectivity index (χ0v) is 15.2. The molecule has 2 aromatic heterocycles. The molecule has 1 aliphatic rings. The van der Waals surface area contributed by atoms with Crippen LogP contribution in [0.1, 0.15) is 36.0 Å². The number of aromatic carboxylic acids is 1. The Morgan fingerprint density at radius 1 is 1.14 bits per heavy atom. The molecule has 4 rings (SSSR count). The quantitative estimate of drug-likeness (QED) is 0.662. The summed E-state index contributed by atoms with van der Waals surface area (Å²) in [5, 5.41) is 23.7. The van der Waals surface area contributed by atoms with E-state index >= 15 is 0 Å². The first kappa shape index (κ1) is 18.0. The SMILES string of the molecule is O=C(CCn1cc(C(=O)O)cn1)Nc1ccc(N2CCCCC2)c2nonc12. The van der Waals surface area contributed by atoms with E-state index in [9.17, 15) is 9.59 Å². The highest BCUT2D eigenvalue weighted by Crippen LogP contribution is 2.31. The van der Waals surface area contributed by atoms with Crippen molar-refractivity contribution >= 4 is 34.3 Å². The van der Waals surface area contributed by atoms with E-state index in [1.165, 1.54) is 23.5 Å². The number of carboxylic acids is 1. The molecule has 0 saturated carbocycles. The van der Waals surface area contributed by atoms with Crippen molar-refractivity contribution in [3.05, 3.63) is 30.1 Å². The van der Waals surface area contributed by atoms with Gasteiger partial charge >= 0.3 is 5.97 Å². The Bertz CT molecular complexity index is 1000. The molecule has 0 aliphatic carbocycles. The number of carbonyl (C=O) groups is 2. The summed E-state index contributed by atoms with van der Waals surface area (Å²) < 4.78 is 6.35. The molecule has 0 radical (unpaired) electrons. The second kappa shape index (κ2) is 7.67. The Hall–Kier alpha value is -3.43. The summed E-state index contributed by atoms with van der Waals surface area (Å²) in [6, 6.07) is 3.74. The summed E-state index contributed by atoms with van der Waals surface area (Å²) in [4.78, 5) is 25.5. The van der Waals surface area contributed by atoms with Crippen molar-refractivity contribution in [1.82, 2.24) is 20.1 Å². The number of carboxylic acid groups (broad SMARTS) is 1. The van der Waals surface area contributed by atoms with Gasteiger partial charge in [0, 0.05) is 32.3 Å². The van der Waals surface area contributed by atoms with Gasteiger partial charge in [-0.3, -0.25) is 9.48 Å². The molecule has 0 spiro atoms. The van der Waals surface area contributed by atoms with E-state index in [0.717, 1.165) is 31.6 Å². The highest BCUT2D eigenvalue weighted by molar-refractivity contribution is 6.02. The number of piperidine rings is 1. The molecule has 146 valence electrons. The Kier molecular flexibility index (Phi) is 4.92. The van der Waals surface area contributed by atoms with Gasteiger partial charge in [-0.1, -0.05) is 0 Å². The zero-order chi connectivity index (χ0) is 19.5. The van der Waals surface area contributed by atoms with Crippen molar-refractivity contribution in [2.75, 3.05) is 23.3 Å². The number of fused-ring (bicyclic) bond motifs is 1. The Balaban J connectivity index is 1.44. The maximum Gasteiger partial charge on any atom is 0.338 e. The van der Waals surface area contributed by atoms with E-state index in [1.807, 2.05) is 12.1 Å². The number of hydrogen-bond donors (Lipinski definition) is 2. The van der Waals surface area contributed by atoms with Crippen LogP contribution in [0, 0.1) is 0 Å². The fourth-order valence-corrected chi connectivity index (χ4v) is 3.37. The first-order valence-electron chi connectivity index (χ1n) is 9.17. The standard InChI is InChI=1S/C18H20N6O4/c25-15(6-9-24-11-12(10-19-24)18(26)27)20-13-4-5-14(17-16(13)21-28-22-17)23-7-2-1-3-8-23/h4-5,10-11H,1-3,6-9H2,(H,20,25)(H,26,27). The molecule has 3 heterocycles. The van der Waals surface area contributed by atoms with Crippen LogP contribution < -0.4 is 10.2 Å². The molecular formula is C18H20N6O4. The van der Waals surface area contributed by atoms with Gasteiger partial charge in [-0.2, -0.15) is 5.10 Å².